The van der Waals surface area contributed by atoms with Gasteiger partial charge in [-0.25, -0.2) is 0 Å². The van der Waals surface area contributed by atoms with Gasteiger partial charge >= 0.3 is 0 Å². The van der Waals surface area contributed by atoms with Crippen molar-refractivity contribution in [2.75, 3.05) is 0 Å². The lowest BCUT2D eigenvalue weighted by molar-refractivity contribution is -0.124. The van der Waals surface area contributed by atoms with Crippen LogP contribution in [0.3, 0.4) is 0 Å². The van der Waals surface area contributed by atoms with Crippen LogP contribution in [0.25, 0.3) is 0 Å². The normalized spacial score (nSPS) is 18.3. The molecule has 1 fully saturated rings. The fourth-order valence-electron chi connectivity index (χ4n) is 2.18. The number of amides is 1. The van der Waals surface area contributed by atoms with Gasteiger partial charge in [0.1, 0.15) is 0 Å². The lowest BCUT2D eigenvalue weighted by atomic mass is 9.94. The zero-order valence-electron chi connectivity index (χ0n) is 11.4. The van der Waals surface area contributed by atoms with Crippen LogP contribution in [0.5, 0.6) is 0 Å². The Hall–Kier alpha value is -1.07. The van der Waals surface area contributed by atoms with E-state index in [1.807, 2.05) is 18.5 Å². The number of carbonyl (C=O) groups is 1. The highest BCUT2D eigenvalue weighted by Gasteiger charge is 2.36. The standard InChI is InChI=1S/C13H21ClN4O/c1-9-11(14)8-16-18(9)7-3-6-13(2,12(15)19)17-10-4-5-10/h8,10,17H,3-7H2,1-2H3,(H2,15,19). The summed E-state index contributed by atoms with van der Waals surface area (Å²) in [7, 11) is 0. The second-order valence-corrected chi connectivity index (χ2v) is 5.93. The average Bonchev–Trinajstić information content (AvgIpc) is 3.10. The highest BCUT2D eigenvalue weighted by molar-refractivity contribution is 6.31. The van der Waals surface area contributed by atoms with Crippen LogP contribution in [0.15, 0.2) is 6.20 Å². The van der Waals surface area contributed by atoms with Crippen LogP contribution < -0.4 is 11.1 Å². The molecule has 19 heavy (non-hydrogen) atoms. The number of primary amides is 1. The third kappa shape index (κ3) is 3.48. The van der Waals surface area contributed by atoms with Crippen molar-refractivity contribution in [1.29, 1.82) is 0 Å². The van der Waals surface area contributed by atoms with Gasteiger partial charge < -0.3 is 11.1 Å². The molecule has 1 amide bonds. The molecule has 2 rings (SSSR count). The molecule has 3 N–H and O–H groups in total. The fourth-order valence-corrected chi connectivity index (χ4v) is 2.32. The number of nitrogens with two attached hydrogens (primary N) is 1. The van der Waals surface area contributed by atoms with Gasteiger partial charge in [-0.1, -0.05) is 11.6 Å². The van der Waals surface area contributed by atoms with Crippen LogP contribution in [-0.2, 0) is 11.3 Å². The summed E-state index contributed by atoms with van der Waals surface area (Å²) >= 11 is 5.96. The Morgan fingerprint density at radius 3 is 2.84 bits per heavy atom. The lowest BCUT2D eigenvalue weighted by Crippen LogP contribution is -2.54. The van der Waals surface area contributed by atoms with Gasteiger partial charge in [0.25, 0.3) is 0 Å². The van der Waals surface area contributed by atoms with Gasteiger partial charge in [0.15, 0.2) is 0 Å². The first-order valence-electron chi connectivity index (χ1n) is 6.68. The van der Waals surface area contributed by atoms with E-state index in [0.29, 0.717) is 17.5 Å². The number of aromatic nitrogens is 2. The molecule has 1 saturated carbocycles. The van der Waals surface area contributed by atoms with Gasteiger partial charge in [0.05, 0.1) is 22.5 Å². The number of nitrogens with zero attached hydrogens (tertiary/aromatic N) is 2. The van der Waals surface area contributed by atoms with Crippen LogP contribution in [0, 0.1) is 6.92 Å². The molecule has 1 aliphatic rings. The summed E-state index contributed by atoms with van der Waals surface area (Å²) in [5, 5.41) is 8.22. The number of carbonyl (C=O) groups excluding carboxylic acids is 1. The second-order valence-electron chi connectivity index (χ2n) is 5.52. The van der Waals surface area contributed by atoms with E-state index in [4.69, 9.17) is 17.3 Å². The summed E-state index contributed by atoms with van der Waals surface area (Å²) in [4.78, 5) is 11.6. The quantitative estimate of drug-likeness (QED) is 0.799. The molecular formula is C13H21ClN4O. The van der Waals surface area contributed by atoms with Crippen LogP contribution in [0.2, 0.25) is 5.02 Å². The molecule has 0 saturated heterocycles. The van der Waals surface area contributed by atoms with E-state index in [1.54, 1.807) is 6.20 Å². The number of aryl methyl sites for hydroxylation is 1. The first-order valence-corrected chi connectivity index (χ1v) is 7.06. The molecule has 0 aromatic carbocycles. The number of hydrogen-bond acceptors (Lipinski definition) is 3. The van der Waals surface area contributed by atoms with Crippen LogP contribution in [-0.4, -0.2) is 27.3 Å². The molecule has 1 aromatic rings. The lowest BCUT2D eigenvalue weighted by Gasteiger charge is -2.27. The zero-order chi connectivity index (χ0) is 14.0. The van der Waals surface area contributed by atoms with E-state index >= 15 is 0 Å². The minimum atomic E-state index is -0.619. The Morgan fingerprint density at radius 1 is 1.68 bits per heavy atom. The first kappa shape index (κ1) is 14.3. The van der Waals surface area contributed by atoms with Crippen molar-refractivity contribution in [3.8, 4) is 0 Å². The topological polar surface area (TPSA) is 72.9 Å². The van der Waals surface area contributed by atoms with Crippen molar-refractivity contribution in [2.24, 2.45) is 5.73 Å². The Kier molecular flexibility index (Phi) is 4.16. The van der Waals surface area contributed by atoms with Crippen molar-refractivity contribution in [1.82, 2.24) is 15.1 Å². The molecule has 6 heteroatoms. The largest absolute Gasteiger partial charge is 0.368 e. The minimum absolute atomic E-state index is 0.283. The number of hydrogen-bond donors (Lipinski definition) is 2. The number of nitrogens with one attached hydrogen (secondary N) is 1. The molecule has 0 aliphatic heterocycles. The van der Waals surface area contributed by atoms with Crippen molar-refractivity contribution in [3.63, 3.8) is 0 Å². The maximum atomic E-state index is 11.6. The van der Waals surface area contributed by atoms with E-state index in [1.165, 1.54) is 0 Å². The zero-order valence-corrected chi connectivity index (χ0v) is 12.2. The Balaban J connectivity index is 1.88. The maximum Gasteiger partial charge on any atom is 0.237 e. The number of rotatable bonds is 7. The predicted molar refractivity (Wildman–Crippen MR) is 75.0 cm³/mol. The van der Waals surface area contributed by atoms with E-state index in [-0.39, 0.29) is 5.91 Å². The van der Waals surface area contributed by atoms with Crippen molar-refractivity contribution < 1.29 is 4.79 Å². The SMILES string of the molecule is Cc1c(Cl)cnn1CCCC(C)(NC1CC1)C(N)=O. The van der Waals surface area contributed by atoms with Crippen molar-refractivity contribution in [3.05, 3.63) is 16.9 Å². The molecule has 1 heterocycles. The van der Waals surface area contributed by atoms with E-state index < -0.39 is 5.54 Å². The molecule has 5 nitrogen and oxygen atoms in total. The van der Waals surface area contributed by atoms with E-state index in [9.17, 15) is 4.79 Å². The molecule has 106 valence electrons. The molecular weight excluding hydrogens is 264 g/mol. The Morgan fingerprint density at radius 2 is 2.37 bits per heavy atom. The second kappa shape index (κ2) is 5.51. The van der Waals surface area contributed by atoms with Gasteiger partial charge in [-0.15, -0.1) is 0 Å². The highest BCUT2D eigenvalue weighted by Crippen LogP contribution is 2.25. The molecule has 0 bridgehead atoms. The summed E-state index contributed by atoms with van der Waals surface area (Å²) in [5.74, 6) is -0.283. The van der Waals surface area contributed by atoms with Crippen LogP contribution in [0.1, 0.15) is 38.3 Å². The minimum Gasteiger partial charge on any atom is -0.368 e. The maximum absolute atomic E-state index is 11.6. The third-order valence-corrected chi connectivity index (χ3v) is 4.10. The van der Waals surface area contributed by atoms with Gasteiger partial charge in [0, 0.05) is 12.6 Å². The van der Waals surface area contributed by atoms with E-state index in [0.717, 1.165) is 31.5 Å². The summed E-state index contributed by atoms with van der Waals surface area (Å²) in [6.07, 6.45) is 5.45. The summed E-state index contributed by atoms with van der Waals surface area (Å²) in [6.45, 7) is 4.56. The molecule has 1 aromatic heterocycles. The third-order valence-electron chi connectivity index (χ3n) is 3.73. The molecule has 1 atom stereocenters. The van der Waals surface area contributed by atoms with Gasteiger partial charge in [0.2, 0.25) is 5.91 Å². The smallest absolute Gasteiger partial charge is 0.237 e. The van der Waals surface area contributed by atoms with Gasteiger partial charge in [-0.3, -0.25) is 9.48 Å². The Bertz CT molecular complexity index is 469. The first-order chi connectivity index (χ1) is 8.92. The monoisotopic (exact) mass is 284 g/mol. The van der Waals surface area contributed by atoms with E-state index in [2.05, 4.69) is 10.4 Å². The Labute approximate surface area is 118 Å². The van der Waals surface area contributed by atoms with Crippen molar-refractivity contribution in [2.45, 2.75) is 57.7 Å². The molecule has 1 aliphatic carbocycles. The average molecular weight is 285 g/mol. The number of halogens is 1. The highest BCUT2D eigenvalue weighted by atomic mass is 35.5. The molecule has 1 unspecified atom stereocenters. The molecule has 0 radical (unpaired) electrons. The van der Waals surface area contributed by atoms with Crippen molar-refractivity contribution >= 4 is 17.5 Å². The van der Waals surface area contributed by atoms with Gasteiger partial charge in [-0.2, -0.15) is 5.10 Å². The predicted octanol–water partition coefficient (Wildman–Crippen LogP) is 1.62. The summed E-state index contributed by atoms with van der Waals surface area (Å²) < 4.78 is 1.86. The summed E-state index contributed by atoms with van der Waals surface area (Å²) in [5.41, 5.74) is 5.85. The van der Waals surface area contributed by atoms with Crippen LogP contribution in [0.4, 0.5) is 0 Å². The fraction of sp³-hybridized carbons (Fsp3) is 0.692. The van der Waals surface area contributed by atoms with Gasteiger partial charge in [-0.05, 0) is 39.5 Å². The molecule has 0 spiro atoms. The summed E-state index contributed by atoms with van der Waals surface area (Å²) in [6, 6.07) is 0.457. The van der Waals surface area contributed by atoms with Crippen LogP contribution >= 0.6 is 11.6 Å².